The van der Waals surface area contributed by atoms with Crippen molar-refractivity contribution in [2.24, 2.45) is 11.7 Å². The number of hydrogen-bond acceptors (Lipinski definition) is 5. The number of nitrogens with one attached hydrogen (secondary N) is 1. The van der Waals surface area contributed by atoms with E-state index in [9.17, 15) is 4.79 Å². The van der Waals surface area contributed by atoms with Gasteiger partial charge in [-0.05, 0) is 26.2 Å². The molecule has 2 rings (SSSR count). The summed E-state index contributed by atoms with van der Waals surface area (Å²) in [5, 5.41) is 3.30. The quantitative estimate of drug-likeness (QED) is 0.831. The minimum atomic E-state index is -0.210. The predicted octanol–water partition coefficient (Wildman–Crippen LogP) is 1.56. The zero-order valence-electron chi connectivity index (χ0n) is 12.9. The summed E-state index contributed by atoms with van der Waals surface area (Å²) in [5.41, 5.74) is 6.62. The van der Waals surface area contributed by atoms with Gasteiger partial charge >= 0.3 is 0 Å². The van der Waals surface area contributed by atoms with Gasteiger partial charge in [0.25, 0.3) is 0 Å². The van der Waals surface area contributed by atoms with Gasteiger partial charge in [0.15, 0.2) is 0 Å². The number of hydrogen-bond donors (Lipinski definition) is 2. The SMILES string of the molecule is CCCc1c(NCC)ncnc1N1CCCC(C(N)=O)C1. The molecule has 1 unspecified atom stereocenters. The van der Waals surface area contributed by atoms with Gasteiger partial charge in [0.05, 0.1) is 5.92 Å². The van der Waals surface area contributed by atoms with E-state index in [1.54, 1.807) is 6.33 Å². The minimum absolute atomic E-state index is 0.0780. The van der Waals surface area contributed by atoms with E-state index in [2.05, 4.69) is 34.0 Å². The molecule has 2 heterocycles. The Kier molecular flexibility index (Phi) is 5.36. The molecule has 0 aliphatic carbocycles. The van der Waals surface area contributed by atoms with E-state index < -0.39 is 0 Å². The largest absolute Gasteiger partial charge is 0.370 e. The van der Waals surface area contributed by atoms with Crippen molar-refractivity contribution in [3.05, 3.63) is 11.9 Å². The van der Waals surface area contributed by atoms with E-state index in [4.69, 9.17) is 5.73 Å². The van der Waals surface area contributed by atoms with Crippen LogP contribution in [0.2, 0.25) is 0 Å². The molecule has 0 spiro atoms. The van der Waals surface area contributed by atoms with Crippen LogP contribution >= 0.6 is 0 Å². The molecular formula is C15H25N5O. The fourth-order valence-corrected chi connectivity index (χ4v) is 2.88. The summed E-state index contributed by atoms with van der Waals surface area (Å²) >= 11 is 0. The summed E-state index contributed by atoms with van der Waals surface area (Å²) in [6.45, 7) is 6.62. The molecule has 1 aliphatic heterocycles. The molecule has 0 radical (unpaired) electrons. The summed E-state index contributed by atoms with van der Waals surface area (Å²) in [6.07, 6.45) is 5.41. The van der Waals surface area contributed by atoms with Crippen molar-refractivity contribution >= 4 is 17.5 Å². The first-order valence-electron chi connectivity index (χ1n) is 7.79. The average molecular weight is 291 g/mol. The number of amides is 1. The van der Waals surface area contributed by atoms with Gasteiger partial charge in [-0.2, -0.15) is 0 Å². The maximum absolute atomic E-state index is 11.5. The average Bonchev–Trinajstić information content (AvgIpc) is 2.49. The maximum Gasteiger partial charge on any atom is 0.222 e. The normalized spacial score (nSPS) is 18.6. The second kappa shape index (κ2) is 7.24. The number of anilines is 2. The number of nitrogens with two attached hydrogens (primary N) is 1. The van der Waals surface area contributed by atoms with Crippen molar-refractivity contribution in [3.63, 3.8) is 0 Å². The van der Waals surface area contributed by atoms with Crippen LogP contribution < -0.4 is 16.0 Å². The molecule has 0 bridgehead atoms. The molecule has 1 fully saturated rings. The maximum atomic E-state index is 11.5. The van der Waals surface area contributed by atoms with Crippen LogP contribution in [0, 0.1) is 5.92 Å². The molecule has 1 atom stereocenters. The number of rotatable bonds is 6. The van der Waals surface area contributed by atoms with Crippen LogP contribution in [-0.2, 0) is 11.2 Å². The van der Waals surface area contributed by atoms with Gasteiger partial charge < -0.3 is 16.0 Å². The van der Waals surface area contributed by atoms with E-state index in [-0.39, 0.29) is 11.8 Å². The first-order chi connectivity index (χ1) is 10.2. The van der Waals surface area contributed by atoms with Crippen molar-refractivity contribution in [2.45, 2.75) is 39.5 Å². The third kappa shape index (κ3) is 3.62. The van der Waals surface area contributed by atoms with Crippen LogP contribution in [0.3, 0.4) is 0 Å². The second-order valence-electron chi connectivity index (χ2n) is 5.49. The van der Waals surface area contributed by atoms with Crippen LogP contribution in [0.5, 0.6) is 0 Å². The van der Waals surface area contributed by atoms with Gasteiger partial charge in [-0.3, -0.25) is 4.79 Å². The zero-order valence-corrected chi connectivity index (χ0v) is 12.9. The standard InChI is InChI=1S/C15H25N5O/c1-3-6-12-14(17-4-2)18-10-19-15(12)20-8-5-7-11(9-20)13(16)21/h10-11H,3-9H2,1-2H3,(H2,16,21)(H,17,18,19). The smallest absolute Gasteiger partial charge is 0.222 e. The molecule has 1 aliphatic rings. The Morgan fingerprint density at radius 1 is 1.48 bits per heavy atom. The number of nitrogens with zero attached hydrogens (tertiary/aromatic N) is 3. The lowest BCUT2D eigenvalue weighted by atomic mass is 9.97. The molecule has 1 saturated heterocycles. The third-order valence-electron chi connectivity index (χ3n) is 3.89. The molecule has 0 aromatic carbocycles. The molecule has 1 aromatic heterocycles. The fraction of sp³-hybridized carbons (Fsp3) is 0.667. The lowest BCUT2D eigenvalue weighted by Gasteiger charge is -2.33. The molecule has 0 saturated carbocycles. The Morgan fingerprint density at radius 3 is 2.95 bits per heavy atom. The monoisotopic (exact) mass is 291 g/mol. The third-order valence-corrected chi connectivity index (χ3v) is 3.89. The lowest BCUT2D eigenvalue weighted by molar-refractivity contribution is -0.122. The molecule has 6 heteroatoms. The summed E-state index contributed by atoms with van der Waals surface area (Å²) in [4.78, 5) is 22.5. The van der Waals surface area contributed by atoms with E-state index in [0.29, 0.717) is 6.54 Å². The van der Waals surface area contributed by atoms with Crippen molar-refractivity contribution in [3.8, 4) is 0 Å². The van der Waals surface area contributed by atoms with E-state index in [1.807, 2.05) is 0 Å². The van der Waals surface area contributed by atoms with Crippen LogP contribution in [0.1, 0.15) is 38.7 Å². The first-order valence-corrected chi connectivity index (χ1v) is 7.79. The Labute approximate surface area is 126 Å². The number of aromatic nitrogens is 2. The van der Waals surface area contributed by atoms with Crippen LogP contribution in [-0.4, -0.2) is 35.5 Å². The Bertz CT molecular complexity index is 491. The van der Waals surface area contributed by atoms with Gasteiger partial charge in [-0.1, -0.05) is 13.3 Å². The molecular weight excluding hydrogens is 266 g/mol. The molecule has 1 amide bonds. The molecule has 116 valence electrons. The van der Waals surface area contributed by atoms with Gasteiger partial charge in [0, 0.05) is 25.2 Å². The van der Waals surface area contributed by atoms with Crippen LogP contribution in [0.4, 0.5) is 11.6 Å². The predicted molar refractivity (Wildman–Crippen MR) is 84.3 cm³/mol. The number of carbonyl (C=O) groups excluding carboxylic acids is 1. The van der Waals surface area contributed by atoms with E-state index >= 15 is 0 Å². The molecule has 3 N–H and O–H groups in total. The fourth-order valence-electron chi connectivity index (χ4n) is 2.88. The van der Waals surface area contributed by atoms with Gasteiger partial charge in [-0.25, -0.2) is 9.97 Å². The molecule has 6 nitrogen and oxygen atoms in total. The van der Waals surface area contributed by atoms with E-state index in [0.717, 1.165) is 56.0 Å². The highest BCUT2D eigenvalue weighted by atomic mass is 16.1. The first kappa shape index (κ1) is 15.5. The highest BCUT2D eigenvalue weighted by molar-refractivity contribution is 5.77. The highest BCUT2D eigenvalue weighted by Crippen LogP contribution is 2.28. The molecule has 21 heavy (non-hydrogen) atoms. The number of carbonyl (C=O) groups is 1. The topological polar surface area (TPSA) is 84.1 Å². The zero-order chi connectivity index (χ0) is 15.2. The molecule has 1 aromatic rings. The Morgan fingerprint density at radius 2 is 2.29 bits per heavy atom. The van der Waals surface area contributed by atoms with Crippen LogP contribution in [0.25, 0.3) is 0 Å². The number of piperidine rings is 1. The van der Waals surface area contributed by atoms with Gasteiger partial charge in [-0.15, -0.1) is 0 Å². The van der Waals surface area contributed by atoms with Crippen molar-refractivity contribution in [1.29, 1.82) is 0 Å². The Balaban J connectivity index is 2.29. The van der Waals surface area contributed by atoms with Crippen molar-refractivity contribution in [1.82, 2.24) is 9.97 Å². The summed E-state index contributed by atoms with van der Waals surface area (Å²) in [6, 6.07) is 0. The second-order valence-corrected chi connectivity index (χ2v) is 5.49. The van der Waals surface area contributed by atoms with Gasteiger partial charge in [0.1, 0.15) is 18.0 Å². The summed E-state index contributed by atoms with van der Waals surface area (Å²) < 4.78 is 0. The highest BCUT2D eigenvalue weighted by Gasteiger charge is 2.26. The van der Waals surface area contributed by atoms with Crippen LogP contribution in [0.15, 0.2) is 6.33 Å². The van der Waals surface area contributed by atoms with Crippen molar-refractivity contribution < 1.29 is 4.79 Å². The summed E-state index contributed by atoms with van der Waals surface area (Å²) in [7, 11) is 0. The summed E-state index contributed by atoms with van der Waals surface area (Å²) in [5.74, 6) is 1.57. The van der Waals surface area contributed by atoms with Crippen molar-refractivity contribution in [2.75, 3.05) is 29.9 Å². The van der Waals surface area contributed by atoms with Gasteiger partial charge in [0.2, 0.25) is 5.91 Å². The van der Waals surface area contributed by atoms with E-state index in [1.165, 1.54) is 0 Å². The lowest BCUT2D eigenvalue weighted by Crippen LogP contribution is -2.42. The Hall–Kier alpha value is -1.85. The minimum Gasteiger partial charge on any atom is -0.370 e. The number of primary amides is 1.